The van der Waals surface area contributed by atoms with E-state index in [2.05, 4.69) is 26.0 Å². The molecule has 2 rings (SSSR count). The predicted molar refractivity (Wildman–Crippen MR) is 83.7 cm³/mol. The molecule has 1 saturated carbocycles. The standard InChI is InChI=1S/C18H27NO/c1-14-9-11-17(12-10-14)19(3)18(20)13-15(2)16-7-5-4-6-8-16/h4-8,14-15,17H,9-13H2,1-3H3. The Morgan fingerprint density at radius 1 is 1.20 bits per heavy atom. The summed E-state index contributed by atoms with van der Waals surface area (Å²) in [5.41, 5.74) is 1.26. The van der Waals surface area contributed by atoms with Gasteiger partial charge in [-0.05, 0) is 43.1 Å². The summed E-state index contributed by atoms with van der Waals surface area (Å²) in [7, 11) is 1.99. The molecule has 0 aromatic heterocycles. The number of hydrogen-bond donors (Lipinski definition) is 0. The molecule has 1 aromatic carbocycles. The van der Waals surface area contributed by atoms with Gasteiger partial charge in [0, 0.05) is 19.5 Å². The second-order valence-electron chi connectivity index (χ2n) is 6.43. The maximum absolute atomic E-state index is 12.4. The lowest BCUT2D eigenvalue weighted by Crippen LogP contribution is -2.39. The Morgan fingerprint density at radius 3 is 2.40 bits per heavy atom. The van der Waals surface area contributed by atoms with Crippen LogP contribution < -0.4 is 0 Å². The lowest BCUT2D eigenvalue weighted by molar-refractivity contribution is -0.133. The van der Waals surface area contributed by atoms with E-state index in [1.807, 2.05) is 30.1 Å². The first-order chi connectivity index (χ1) is 9.58. The fraction of sp³-hybridized carbons (Fsp3) is 0.611. The zero-order valence-corrected chi connectivity index (χ0v) is 13.0. The minimum Gasteiger partial charge on any atom is -0.343 e. The van der Waals surface area contributed by atoms with Gasteiger partial charge < -0.3 is 4.90 Å². The van der Waals surface area contributed by atoms with Crippen LogP contribution in [0.15, 0.2) is 30.3 Å². The van der Waals surface area contributed by atoms with E-state index in [0.717, 1.165) is 5.92 Å². The summed E-state index contributed by atoms with van der Waals surface area (Å²) in [6.07, 6.45) is 5.48. The van der Waals surface area contributed by atoms with E-state index in [9.17, 15) is 4.79 Å². The van der Waals surface area contributed by atoms with Gasteiger partial charge in [0.25, 0.3) is 0 Å². The van der Waals surface area contributed by atoms with Crippen LogP contribution in [0.25, 0.3) is 0 Å². The average molecular weight is 273 g/mol. The summed E-state index contributed by atoms with van der Waals surface area (Å²) < 4.78 is 0. The second-order valence-corrected chi connectivity index (χ2v) is 6.43. The van der Waals surface area contributed by atoms with Gasteiger partial charge in [-0.15, -0.1) is 0 Å². The van der Waals surface area contributed by atoms with Crippen molar-refractivity contribution in [3.63, 3.8) is 0 Å². The third kappa shape index (κ3) is 3.84. The quantitative estimate of drug-likeness (QED) is 0.804. The van der Waals surface area contributed by atoms with Gasteiger partial charge in [-0.1, -0.05) is 44.2 Å². The summed E-state index contributed by atoms with van der Waals surface area (Å²) in [5, 5.41) is 0. The first kappa shape index (κ1) is 15.1. The zero-order valence-electron chi connectivity index (χ0n) is 13.0. The van der Waals surface area contributed by atoms with E-state index >= 15 is 0 Å². The highest BCUT2D eigenvalue weighted by atomic mass is 16.2. The SMILES string of the molecule is CC1CCC(N(C)C(=O)CC(C)c2ccccc2)CC1. The first-order valence-corrected chi connectivity index (χ1v) is 7.88. The van der Waals surface area contributed by atoms with E-state index in [1.165, 1.54) is 31.2 Å². The molecule has 0 radical (unpaired) electrons. The molecule has 1 aromatic rings. The number of carbonyl (C=O) groups is 1. The van der Waals surface area contributed by atoms with Gasteiger partial charge in [-0.2, -0.15) is 0 Å². The molecule has 2 heteroatoms. The van der Waals surface area contributed by atoms with E-state index < -0.39 is 0 Å². The van der Waals surface area contributed by atoms with Crippen LogP contribution in [0.2, 0.25) is 0 Å². The molecule has 1 atom stereocenters. The zero-order chi connectivity index (χ0) is 14.5. The van der Waals surface area contributed by atoms with E-state index in [4.69, 9.17) is 0 Å². The molecule has 1 aliphatic rings. The smallest absolute Gasteiger partial charge is 0.223 e. The number of nitrogens with zero attached hydrogens (tertiary/aromatic N) is 1. The maximum atomic E-state index is 12.4. The largest absolute Gasteiger partial charge is 0.343 e. The molecule has 2 nitrogen and oxygen atoms in total. The van der Waals surface area contributed by atoms with Crippen LogP contribution in [-0.2, 0) is 4.79 Å². The van der Waals surface area contributed by atoms with Gasteiger partial charge in [-0.25, -0.2) is 0 Å². The number of carbonyl (C=O) groups excluding carboxylic acids is 1. The molecule has 20 heavy (non-hydrogen) atoms. The average Bonchev–Trinajstić information content (AvgIpc) is 2.48. The third-order valence-corrected chi connectivity index (χ3v) is 4.78. The molecule has 0 spiro atoms. The molecular weight excluding hydrogens is 246 g/mol. The lowest BCUT2D eigenvalue weighted by atomic mass is 9.86. The highest BCUT2D eigenvalue weighted by Gasteiger charge is 2.25. The summed E-state index contributed by atoms with van der Waals surface area (Å²) in [4.78, 5) is 14.4. The number of amides is 1. The third-order valence-electron chi connectivity index (χ3n) is 4.78. The molecular formula is C18H27NO. The Bertz CT molecular complexity index is 420. The van der Waals surface area contributed by atoms with Crippen molar-refractivity contribution in [3.8, 4) is 0 Å². The molecule has 1 amide bonds. The molecule has 0 heterocycles. The van der Waals surface area contributed by atoms with Crippen LogP contribution in [0.4, 0.5) is 0 Å². The topological polar surface area (TPSA) is 20.3 Å². The van der Waals surface area contributed by atoms with Crippen LogP contribution in [0, 0.1) is 5.92 Å². The Morgan fingerprint density at radius 2 is 1.80 bits per heavy atom. The van der Waals surface area contributed by atoms with E-state index in [0.29, 0.717) is 24.3 Å². The molecule has 1 aliphatic carbocycles. The molecule has 0 saturated heterocycles. The van der Waals surface area contributed by atoms with Crippen LogP contribution in [0.5, 0.6) is 0 Å². The number of hydrogen-bond acceptors (Lipinski definition) is 1. The van der Waals surface area contributed by atoms with Crippen LogP contribution in [0.3, 0.4) is 0 Å². The van der Waals surface area contributed by atoms with Crippen molar-refractivity contribution in [2.24, 2.45) is 5.92 Å². The molecule has 0 bridgehead atoms. The first-order valence-electron chi connectivity index (χ1n) is 7.88. The molecule has 0 aliphatic heterocycles. The fourth-order valence-corrected chi connectivity index (χ4v) is 3.14. The Labute approximate surface area is 123 Å². The Kier molecular flexibility index (Phi) is 5.22. The molecule has 0 N–H and O–H groups in total. The summed E-state index contributed by atoms with van der Waals surface area (Å²) in [5.74, 6) is 1.42. The van der Waals surface area contributed by atoms with Crippen LogP contribution in [0.1, 0.15) is 57.4 Å². The van der Waals surface area contributed by atoms with Crippen molar-refractivity contribution in [2.75, 3.05) is 7.05 Å². The molecule has 1 unspecified atom stereocenters. The molecule has 110 valence electrons. The number of rotatable bonds is 4. The van der Waals surface area contributed by atoms with Crippen molar-refractivity contribution in [1.82, 2.24) is 4.90 Å². The summed E-state index contributed by atoms with van der Waals surface area (Å²) >= 11 is 0. The van der Waals surface area contributed by atoms with Gasteiger partial charge in [0.1, 0.15) is 0 Å². The highest BCUT2D eigenvalue weighted by Crippen LogP contribution is 2.28. The second kappa shape index (κ2) is 6.92. The van der Waals surface area contributed by atoms with Crippen molar-refractivity contribution in [2.45, 2.75) is 57.9 Å². The minimum absolute atomic E-state index is 0.293. The van der Waals surface area contributed by atoms with E-state index in [-0.39, 0.29) is 0 Å². The Hall–Kier alpha value is -1.31. The van der Waals surface area contributed by atoms with Gasteiger partial charge >= 0.3 is 0 Å². The van der Waals surface area contributed by atoms with Gasteiger partial charge in [0.2, 0.25) is 5.91 Å². The van der Waals surface area contributed by atoms with Crippen LogP contribution in [-0.4, -0.2) is 23.9 Å². The van der Waals surface area contributed by atoms with Crippen molar-refractivity contribution in [1.29, 1.82) is 0 Å². The normalized spacial score (nSPS) is 24.1. The minimum atomic E-state index is 0.293. The highest BCUT2D eigenvalue weighted by molar-refractivity contribution is 5.77. The fourth-order valence-electron chi connectivity index (χ4n) is 3.14. The van der Waals surface area contributed by atoms with Gasteiger partial charge in [0.05, 0.1) is 0 Å². The lowest BCUT2D eigenvalue weighted by Gasteiger charge is -2.34. The van der Waals surface area contributed by atoms with E-state index in [1.54, 1.807) is 0 Å². The predicted octanol–water partition coefficient (Wildman–Crippen LogP) is 4.22. The van der Waals surface area contributed by atoms with Crippen molar-refractivity contribution < 1.29 is 4.79 Å². The maximum Gasteiger partial charge on any atom is 0.223 e. The Balaban J connectivity index is 1.88. The van der Waals surface area contributed by atoms with Crippen molar-refractivity contribution >= 4 is 5.91 Å². The summed E-state index contributed by atoms with van der Waals surface area (Å²) in [6, 6.07) is 10.8. The molecule has 1 fully saturated rings. The summed E-state index contributed by atoms with van der Waals surface area (Å²) in [6.45, 7) is 4.46. The van der Waals surface area contributed by atoms with Gasteiger partial charge in [0.15, 0.2) is 0 Å². The number of benzene rings is 1. The monoisotopic (exact) mass is 273 g/mol. The van der Waals surface area contributed by atoms with Gasteiger partial charge in [-0.3, -0.25) is 4.79 Å². The van der Waals surface area contributed by atoms with Crippen molar-refractivity contribution in [3.05, 3.63) is 35.9 Å². The van der Waals surface area contributed by atoms with Crippen LogP contribution >= 0.6 is 0 Å².